The number of aromatic nitrogens is 2. The summed E-state index contributed by atoms with van der Waals surface area (Å²) in [5.41, 5.74) is -3.51. The molecule has 2 bridgehead atoms. The van der Waals surface area contributed by atoms with E-state index in [9.17, 15) is 37.3 Å². The van der Waals surface area contributed by atoms with Gasteiger partial charge in [0.1, 0.15) is 23.0 Å². The Hall–Kier alpha value is -5.96. The molecule has 364 valence electrons. The molecule has 0 unspecified atom stereocenters. The first-order chi connectivity index (χ1) is 31.3. The highest BCUT2D eigenvalue weighted by Crippen LogP contribution is 2.55. The van der Waals surface area contributed by atoms with Gasteiger partial charge in [0.25, 0.3) is 11.8 Å². The van der Waals surface area contributed by atoms with E-state index in [-0.39, 0.29) is 36.2 Å². The third-order valence-corrected chi connectivity index (χ3v) is 12.8. The molecule has 1 fully saturated rings. The number of carbonyl (C=O) groups excluding carboxylic acids is 4. The molecule has 4 amide bonds. The second-order valence-electron chi connectivity index (χ2n) is 18.5. The molecule has 1 spiro atoms. The van der Waals surface area contributed by atoms with E-state index in [0.717, 1.165) is 21.9 Å². The summed E-state index contributed by atoms with van der Waals surface area (Å²) in [4.78, 5) is 83.1. The standard InChI is InChI=1S/C44H56F2N7O13P/c1-26-19-44(64-49-26)16-15-27(2)52-23-33(44)53-22-31(38(55)48-20-28-13-14-30(45)18-32(28)46)35(54)36(34(53)39(52)56)60-24-61-41(58)51(10)37-29(12-11-17-47-37)21-50(9)40(57)62-25-63-67(59,65-42(3,4)5)66-43(6,7)8/h11-14,17-18,22,27,33H,15-16,19-21,23-25H2,1-10H3,(H,48,55)/t27-,33+,44-/m0/s1. The van der Waals surface area contributed by atoms with Crippen LogP contribution in [-0.4, -0.2) is 106 Å². The quantitative estimate of drug-likeness (QED) is 0.126. The molecule has 1 aromatic carbocycles. The minimum atomic E-state index is -4.19. The fourth-order valence-electron chi connectivity index (χ4n) is 7.83. The summed E-state index contributed by atoms with van der Waals surface area (Å²) in [7, 11) is -1.45. The van der Waals surface area contributed by atoms with Gasteiger partial charge in [0, 0.05) is 69.2 Å². The Morgan fingerprint density at radius 2 is 1.69 bits per heavy atom. The first kappa shape index (κ1) is 50.5. The lowest BCUT2D eigenvalue weighted by molar-refractivity contribution is -0.0657. The van der Waals surface area contributed by atoms with Crippen molar-refractivity contribution in [2.24, 2.45) is 5.16 Å². The Morgan fingerprint density at radius 3 is 2.33 bits per heavy atom. The van der Waals surface area contributed by atoms with Crippen molar-refractivity contribution in [2.45, 2.75) is 117 Å². The van der Waals surface area contributed by atoms with Gasteiger partial charge in [-0.05, 0) is 80.4 Å². The van der Waals surface area contributed by atoms with Crippen molar-refractivity contribution in [1.29, 1.82) is 0 Å². The number of anilines is 1. The van der Waals surface area contributed by atoms with Crippen molar-refractivity contribution in [2.75, 3.05) is 39.1 Å². The van der Waals surface area contributed by atoms with Crippen LogP contribution >= 0.6 is 7.82 Å². The Morgan fingerprint density at radius 1 is 1.00 bits per heavy atom. The van der Waals surface area contributed by atoms with E-state index in [2.05, 4.69) is 15.5 Å². The average Bonchev–Trinajstić information content (AvgIpc) is 3.56. The Balaban J connectivity index is 1.20. The summed E-state index contributed by atoms with van der Waals surface area (Å²) >= 11 is 0. The molecule has 3 atom stereocenters. The minimum absolute atomic E-state index is 0.0515. The lowest BCUT2D eigenvalue weighted by atomic mass is 9.84. The topological polar surface area (TPSA) is 219 Å². The zero-order valence-electron chi connectivity index (χ0n) is 39.0. The number of ether oxygens (including phenoxy) is 3. The van der Waals surface area contributed by atoms with Crippen molar-refractivity contribution in [1.82, 2.24) is 24.7 Å². The van der Waals surface area contributed by atoms with Crippen molar-refractivity contribution >= 4 is 43.4 Å². The van der Waals surface area contributed by atoms with Gasteiger partial charge in [-0.25, -0.2) is 32.4 Å². The number of carbonyl (C=O) groups is 4. The number of nitrogens with zero attached hydrogens (tertiary/aromatic N) is 6. The molecule has 6 rings (SSSR count). The summed E-state index contributed by atoms with van der Waals surface area (Å²) < 4.78 is 75.9. The van der Waals surface area contributed by atoms with Gasteiger partial charge in [-0.15, -0.1) is 0 Å². The zero-order chi connectivity index (χ0) is 49.2. The molecule has 0 aliphatic carbocycles. The summed E-state index contributed by atoms with van der Waals surface area (Å²) in [5, 5.41) is 6.71. The van der Waals surface area contributed by atoms with Gasteiger partial charge >= 0.3 is 20.0 Å². The van der Waals surface area contributed by atoms with Crippen LogP contribution < -0.4 is 20.4 Å². The van der Waals surface area contributed by atoms with Gasteiger partial charge in [0.2, 0.25) is 24.8 Å². The second-order valence-corrected chi connectivity index (χ2v) is 20.0. The zero-order valence-corrected chi connectivity index (χ0v) is 39.9. The van der Waals surface area contributed by atoms with Gasteiger partial charge in [0.15, 0.2) is 11.3 Å². The Bertz CT molecular complexity index is 2530. The van der Waals surface area contributed by atoms with Crippen LogP contribution in [0.2, 0.25) is 0 Å². The van der Waals surface area contributed by atoms with Crippen LogP contribution in [0.4, 0.5) is 24.2 Å². The van der Waals surface area contributed by atoms with Crippen LogP contribution in [0.15, 0.2) is 52.7 Å². The highest BCUT2D eigenvalue weighted by Gasteiger charge is 2.54. The maximum Gasteiger partial charge on any atom is 0.478 e. The highest BCUT2D eigenvalue weighted by molar-refractivity contribution is 7.48. The molecule has 3 aliphatic rings. The SMILES string of the molecule is CC1=NO[C@@]2(CC[C@H](C)N3C[C@H]2n2cc(C(=O)NCc4ccc(F)cc4F)c(=O)c(OCOC(=O)N(C)c4ncccc4CN(C)C(=O)OCOP(=O)(OC(C)(C)C)OC(C)(C)C)c2C3=O)C1. The number of hydrogen-bond donors (Lipinski definition) is 1. The summed E-state index contributed by atoms with van der Waals surface area (Å²) in [6.45, 7) is 11.5. The summed E-state index contributed by atoms with van der Waals surface area (Å²) in [6, 6.07) is 5.04. The van der Waals surface area contributed by atoms with Gasteiger partial charge in [-0.3, -0.25) is 28.3 Å². The molecular weight excluding hydrogens is 903 g/mol. The monoisotopic (exact) mass is 959 g/mol. The summed E-state index contributed by atoms with van der Waals surface area (Å²) in [6.07, 6.45) is 2.12. The van der Waals surface area contributed by atoms with E-state index >= 15 is 0 Å². The molecular formula is C44H56F2N7O13P. The number of benzene rings is 1. The molecule has 0 saturated carbocycles. The Labute approximate surface area is 386 Å². The van der Waals surface area contributed by atoms with Crippen molar-refractivity contribution in [3.63, 3.8) is 0 Å². The third-order valence-electron chi connectivity index (χ3n) is 10.9. The molecule has 1 N–H and O–H groups in total. The number of nitrogens with one attached hydrogen (secondary N) is 1. The number of phosphoric acid groups is 1. The van der Waals surface area contributed by atoms with Gasteiger partial charge in [-0.1, -0.05) is 17.3 Å². The van der Waals surface area contributed by atoms with Crippen molar-refractivity contribution < 1.29 is 65.1 Å². The maximum atomic E-state index is 14.5. The smallest absolute Gasteiger partial charge is 0.451 e. The number of phosphoric ester groups is 1. The molecule has 5 heterocycles. The van der Waals surface area contributed by atoms with Crippen LogP contribution in [-0.2, 0) is 45.5 Å². The van der Waals surface area contributed by atoms with E-state index in [1.54, 1.807) is 58.6 Å². The first-order valence-electron chi connectivity index (χ1n) is 21.4. The number of hydrogen-bond acceptors (Lipinski definition) is 15. The van der Waals surface area contributed by atoms with Gasteiger partial charge in [0.05, 0.1) is 29.5 Å². The van der Waals surface area contributed by atoms with Crippen molar-refractivity contribution in [3.05, 3.63) is 87.0 Å². The number of rotatable bonds is 14. The van der Waals surface area contributed by atoms with Crippen molar-refractivity contribution in [3.8, 4) is 5.75 Å². The van der Waals surface area contributed by atoms with E-state index in [1.807, 2.05) is 13.8 Å². The Kier molecular flexibility index (Phi) is 14.8. The van der Waals surface area contributed by atoms with Crippen LogP contribution in [0.1, 0.15) is 113 Å². The molecule has 0 radical (unpaired) electrons. The normalized spacial score (nSPS) is 19.2. The lowest BCUT2D eigenvalue weighted by Gasteiger charge is -2.42. The van der Waals surface area contributed by atoms with Crippen LogP contribution in [0, 0.1) is 11.6 Å². The lowest BCUT2D eigenvalue weighted by Crippen LogP contribution is -2.52. The molecule has 20 nitrogen and oxygen atoms in total. The van der Waals surface area contributed by atoms with E-state index in [4.69, 9.17) is 32.6 Å². The molecule has 2 aromatic heterocycles. The molecule has 3 aliphatic heterocycles. The summed E-state index contributed by atoms with van der Waals surface area (Å²) in [5.74, 6) is -3.80. The largest absolute Gasteiger partial charge is 0.478 e. The minimum Gasteiger partial charge on any atom is -0.451 e. The van der Waals surface area contributed by atoms with Gasteiger partial charge < -0.3 is 38.7 Å². The van der Waals surface area contributed by atoms with E-state index < -0.39 is 103 Å². The van der Waals surface area contributed by atoms with Crippen LogP contribution in [0.3, 0.4) is 0 Å². The average molecular weight is 960 g/mol. The van der Waals surface area contributed by atoms with Gasteiger partial charge in [-0.2, -0.15) is 0 Å². The number of oxime groups is 1. The first-order valence-corrected chi connectivity index (χ1v) is 22.8. The molecule has 23 heteroatoms. The number of amides is 4. The fourth-order valence-corrected chi connectivity index (χ4v) is 9.50. The predicted molar refractivity (Wildman–Crippen MR) is 236 cm³/mol. The van der Waals surface area contributed by atoms with E-state index in [0.29, 0.717) is 36.6 Å². The third kappa shape index (κ3) is 11.8. The molecule has 67 heavy (non-hydrogen) atoms. The molecule has 3 aromatic rings. The highest BCUT2D eigenvalue weighted by atomic mass is 31.2. The second kappa shape index (κ2) is 19.7. The number of pyridine rings is 2. The maximum absolute atomic E-state index is 14.5. The predicted octanol–water partition coefficient (Wildman–Crippen LogP) is 7.06. The molecule has 1 saturated heterocycles. The van der Waals surface area contributed by atoms with Crippen LogP contribution in [0.5, 0.6) is 5.75 Å². The fraction of sp³-hybridized carbons (Fsp3) is 0.523. The van der Waals surface area contributed by atoms with Crippen LogP contribution in [0.25, 0.3) is 0 Å². The number of fused-ring (bicyclic) bond motifs is 5. The number of halogens is 2. The van der Waals surface area contributed by atoms with E-state index in [1.165, 1.54) is 31.1 Å².